The van der Waals surface area contributed by atoms with E-state index in [-0.39, 0.29) is 37.9 Å². The van der Waals surface area contributed by atoms with E-state index in [2.05, 4.69) is 16.9 Å². The van der Waals surface area contributed by atoms with Gasteiger partial charge in [-0.1, -0.05) is 18.7 Å². The van der Waals surface area contributed by atoms with E-state index >= 15 is 0 Å². The average Bonchev–Trinajstić information content (AvgIpc) is 2.84. The number of fused-ring (bicyclic) bond motifs is 1. The van der Waals surface area contributed by atoms with Crippen LogP contribution in [0.4, 0.5) is 8.78 Å². The lowest BCUT2D eigenvalue weighted by Crippen LogP contribution is -2.59. The Morgan fingerprint density at radius 2 is 2.11 bits per heavy atom. The lowest BCUT2D eigenvalue weighted by molar-refractivity contribution is 0.0639. The van der Waals surface area contributed by atoms with Gasteiger partial charge in [-0.05, 0) is 12.1 Å². The molecule has 1 aromatic heterocycles. The van der Waals surface area contributed by atoms with Gasteiger partial charge in [0.2, 0.25) is 11.4 Å². The van der Waals surface area contributed by atoms with Crippen LogP contribution < -0.4 is 21.5 Å². The second-order valence-electron chi connectivity index (χ2n) is 7.50. The van der Waals surface area contributed by atoms with Gasteiger partial charge in [-0.3, -0.25) is 14.4 Å². The molecule has 13 heteroatoms. The zero-order valence-electron chi connectivity index (χ0n) is 19.3. The molecule has 190 valence electrons. The fraction of sp³-hybridized carbons (Fsp3) is 0.217. The number of aromatic nitrogens is 1. The Kier molecular flexibility index (Phi) is 8.17. The van der Waals surface area contributed by atoms with Crippen molar-refractivity contribution in [2.75, 3.05) is 31.9 Å². The van der Waals surface area contributed by atoms with Gasteiger partial charge in [0, 0.05) is 44.2 Å². The highest BCUT2D eigenvalue weighted by Gasteiger charge is 2.35. The number of nitrogens with two attached hydrogens (primary N) is 1. The van der Waals surface area contributed by atoms with E-state index in [0.717, 1.165) is 23.0 Å². The summed E-state index contributed by atoms with van der Waals surface area (Å²) >= 11 is 0. The quantitative estimate of drug-likeness (QED) is 0.275. The predicted octanol–water partition coefficient (Wildman–Crippen LogP) is 0.774. The summed E-state index contributed by atoms with van der Waals surface area (Å²) < 4.78 is 33.1. The maximum Gasteiger partial charge on any atom is 0.278 e. The molecule has 36 heavy (non-hydrogen) atoms. The van der Waals surface area contributed by atoms with Crippen molar-refractivity contribution in [3.8, 4) is 5.75 Å². The number of ether oxygens (including phenoxy) is 1. The molecule has 0 unspecified atom stereocenters. The number of guanidine groups is 1. The lowest BCUT2D eigenvalue weighted by Gasteiger charge is -2.38. The minimum Gasteiger partial charge on any atom is -0.502 e. The summed E-state index contributed by atoms with van der Waals surface area (Å²) in [6, 6.07) is 2.82. The van der Waals surface area contributed by atoms with Crippen molar-refractivity contribution in [1.29, 1.82) is 0 Å². The minimum absolute atomic E-state index is 0.0250. The Morgan fingerprint density at radius 1 is 1.36 bits per heavy atom. The third-order valence-corrected chi connectivity index (χ3v) is 5.18. The Morgan fingerprint density at radius 3 is 2.78 bits per heavy atom. The molecular weight excluding hydrogens is 478 g/mol. The number of nitrogens with one attached hydrogen (secondary N) is 1. The second-order valence-corrected chi connectivity index (χ2v) is 7.50. The van der Waals surface area contributed by atoms with Crippen LogP contribution in [0.1, 0.15) is 26.4 Å². The van der Waals surface area contributed by atoms with Crippen LogP contribution in [0.2, 0.25) is 0 Å². The summed E-state index contributed by atoms with van der Waals surface area (Å²) in [5.74, 6) is -4.45. The molecule has 1 aliphatic rings. The molecule has 0 radical (unpaired) electrons. The number of halogens is 2. The predicted molar refractivity (Wildman–Crippen MR) is 127 cm³/mol. The second kappa shape index (κ2) is 11.3. The number of carbonyl (C=O) groups excluding carboxylic acids is 2. The number of hydrogen-bond acceptors (Lipinski definition) is 6. The maximum atomic E-state index is 13.9. The highest BCUT2D eigenvalue weighted by molar-refractivity contribution is 6.01. The van der Waals surface area contributed by atoms with Crippen LogP contribution in [-0.2, 0) is 11.3 Å². The van der Waals surface area contributed by atoms with Crippen LogP contribution >= 0.6 is 0 Å². The van der Waals surface area contributed by atoms with Gasteiger partial charge in [-0.15, -0.1) is 0 Å². The smallest absolute Gasteiger partial charge is 0.278 e. The van der Waals surface area contributed by atoms with Crippen LogP contribution in [0, 0.1) is 11.6 Å². The molecule has 2 heterocycles. The molecule has 0 bridgehead atoms. The maximum absolute atomic E-state index is 13.9. The van der Waals surface area contributed by atoms with Crippen molar-refractivity contribution in [3.63, 3.8) is 0 Å². The van der Waals surface area contributed by atoms with E-state index in [1.807, 2.05) is 0 Å². The normalized spacial score (nSPS) is 13.8. The zero-order chi connectivity index (χ0) is 26.4. The van der Waals surface area contributed by atoms with E-state index in [4.69, 9.17) is 10.5 Å². The van der Waals surface area contributed by atoms with E-state index in [0.29, 0.717) is 6.07 Å². The van der Waals surface area contributed by atoms with Crippen LogP contribution in [0.15, 0.2) is 59.1 Å². The first-order valence-corrected chi connectivity index (χ1v) is 10.6. The van der Waals surface area contributed by atoms with Crippen molar-refractivity contribution in [2.45, 2.75) is 6.54 Å². The van der Waals surface area contributed by atoms with Crippen LogP contribution in [0.3, 0.4) is 0 Å². The van der Waals surface area contributed by atoms with Crippen molar-refractivity contribution in [1.82, 2.24) is 14.9 Å². The molecule has 1 aromatic carbocycles. The molecule has 0 saturated carbocycles. The van der Waals surface area contributed by atoms with Gasteiger partial charge in [-0.25, -0.2) is 23.5 Å². The first kappa shape index (κ1) is 26.1. The lowest BCUT2D eigenvalue weighted by atomic mass is 10.1. The number of hydrogen-bond donors (Lipinski definition) is 3. The summed E-state index contributed by atoms with van der Waals surface area (Å²) in [5.41, 5.74) is 3.96. The Balaban J connectivity index is 2.02. The minimum atomic E-state index is -1.12. The van der Waals surface area contributed by atoms with Gasteiger partial charge in [0.15, 0.2) is 11.4 Å². The summed E-state index contributed by atoms with van der Waals surface area (Å²) in [4.78, 5) is 43.9. The van der Waals surface area contributed by atoms with E-state index in [9.17, 15) is 28.3 Å². The first-order valence-electron chi connectivity index (χ1n) is 10.6. The number of benzene rings is 1. The number of pyridine rings is 1. The molecule has 2 aromatic rings. The van der Waals surface area contributed by atoms with E-state index in [1.165, 1.54) is 35.4 Å². The largest absolute Gasteiger partial charge is 0.502 e. The SMILES string of the molecule is C=C/C=C\N=C(/N)N1CN(CCOC)C(=O)c2c(O)c(=O)c(C(=O)NCc3ccc(F)cc3F)cn21. The molecular formula is C23H24F2N6O5. The number of carbonyl (C=O) groups is 2. The Bertz CT molecular complexity index is 1310. The van der Waals surface area contributed by atoms with Crippen LogP contribution in [0.5, 0.6) is 5.75 Å². The van der Waals surface area contributed by atoms with Gasteiger partial charge in [0.1, 0.15) is 23.9 Å². The monoisotopic (exact) mass is 502 g/mol. The highest BCUT2D eigenvalue weighted by atomic mass is 19.1. The van der Waals surface area contributed by atoms with Crippen molar-refractivity contribution in [3.05, 3.63) is 88.0 Å². The third kappa shape index (κ3) is 5.41. The Labute approximate surface area is 204 Å². The molecule has 3 rings (SSSR count). The molecule has 0 fully saturated rings. The molecule has 0 aliphatic carbocycles. The first-order chi connectivity index (χ1) is 17.2. The molecule has 1 aliphatic heterocycles. The van der Waals surface area contributed by atoms with Crippen LogP contribution in [-0.4, -0.2) is 59.4 Å². The van der Waals surface area contributed by atoms with Gasteiger partial charge in [0.25, 0.3) is 11.8 Å². The summed E-state index contributed by atoms with van der Waals surface area (Å²) in [7, 11) is 1.45. The number of methoxy groups -OCH3 is 1. The number of nitrogens with zero attached hydrogens (tertiary/aromatic N) is 4. The molecule has 4 N–H and O–H groups in total. The van der Waals surface area contributed by atoms with Crippen LogP contribution in [0.25, 0.3) is 0 Å². The summed E-state index contributed by atoms with van der Waals surface area (Å²) in [6.45, 7) is 3.30. The molecule has 11 nitrogen and oxygen atoms in total. The van der Waals surface area contributed by atoms with Gasteiger partial charge >= 0.3 is 0 Å². The zero-order valence-corrected chi connectivity index (χ0v) is 19.3. The number of rotatable bonds is 8. The van der Waals surface area contributed by atoms with Gasteiger partial charge in [0.05, 0.1) is 6.61 Å². The highest BCUT2D eigenvalue weighted by Crippen LogP contribution is 2.21. The van der Waals surface area contributed by atoms with Crippen molar-refractivity contribution < 1.29 is 28.2 Å². The number of aliphatic imine (C=N–C) groups is 1. The van der Waals surface area contributed by atoms with Crippen molar-refractivity contribution in [2.24, 2.45) is 10.7 Å². The number of allylic oxidation sites excluding steroid dienone is 2. The number of aromatic hydroxyl groups is 1. The average molecular weight is 502 g/mol. The summed E-state index contributed by atoms with van der Waals surface area (Å²) in [6.07, 6.45) is 5.33. The fourth-order valence-electron chi connectivity index (χ4n) is 3.32. The standard InChI is InChI=1S/C23H24F2N6O5/c1-3-4-7-27-23(26)31-13-29(8-9-36-2)22(35)18-20(33)19(32)16(12-30(18)31)21(34)28-11-14-5-6-15(24)10-17(14)25/h3-7,10,12,33H,1,8-9,11,13H2,2H3,(H2,26,27)(H,28,34)/b7-4-. The van der Waals surface area contributed by atoms with Gasteiger partial charge < -0.3 is 25.8 Å². The van der Waals surface area contributed by atoms with Crippen molar-refractivity contribution >= 4 is 17.8 Å². The molecule has 0 atom stereocenters. The number of amides is 2. The fourth-order valence-corrected chi connectivity index (χ4v) is 3.32. The molecule has 2 amide bonds. The van der Waals surface area contributed by atoms with Gasteiger partial charge in [-0.2, -0.15) is 0 Å². The molecule has 0 saturated heterocycles. The third-order valence-electron chi connectivity index (χ3n) is 5.18. The molecule has 0 spiro atoms. The Hall–Kier alpha value is -4.52. The van der Waals surface area contributed by atoms with E-state index < -0.39 is 45.9 Å². The summed E-state index contributed by atoms with van der Waals surface area (Å²) in [5, 5.41) is 14.2. The van der Waals surface area contributed by atoms with E-state index in [1.54, 1.807) is 0 Å². The topological polar surface area (TPSA) is 142 Å².